The summed E-state index contributed by atoms with van der Waals surface area (Å²) in [6, 6.07) is 11.4. The van der Waals surface area contributed by atoms with Crippen molar-refractivity contribution in [3.05, 3.63) is 77.5 Å². The number of hydrogen-bond donors (Lipinski definition) is 2. The van der Waals surface area contributed by atoms with Gasteiger partial charge in [-0.15, -0.1) is 0 Å². The van der Waals surface area contributed by atoms with Gasteiger partial charge in [0.1, 0.15) is 11.6 Å². The third-order valence-corrected chi connectivity index (χ3v) is 3.73. The molecule has 0 radical (unpaired) electrons. The summed E-state index contributed by atoms with van der Waals surface area (Å²) >= 11 is 0. The minimum absolute atomic E-state index is 0.297. The molecule has 0 aliphatic carbocycles. The molecule has 0 bridgehead atoms. The standard InChI is InChI=1S/C18H15F2N3O/c1-11(12-2-6-14(19)7-3-12)22-18(24)16-10-21-23-17(16)13-4-8-15(20)9-5-13/h2-11H,1H3,(H,21,23)(H,22,24). The smallest absolute Gasteiger partial charge is 0.255 e. The summed E-state index contributed by atoms with van der Waals surface area (Å²) in [5.41, 5.74) is 2.32. The van der Waals surface area contributed by atoms with Crippen molar-refractivity contribution in [2.45, 2.75) is 13.0 Å². The number of amides is 1. The zero-order valence-corrected chi connectivity index (χ0v) is 12.9. The minimum Gasteiger partial charge on any atom is -0.345 e. The Balaban J connectivity index is 1.80. The van der Waals surface area contributed by atoms with Gasteiger partial charge in [-0.25, -0.2) is 8.78 Å². The number of carbonyl (C=O) groups is 1. The van der Waals surface area contributed by atoms with Crippen molar-refractivity contribution in [3.63, 3.8) is 0 Å². The van der Waals surface area contributed by atoms with Gasteiger partial charge < -0.3 is 5.32 Å². The molecule has 0 aliphatic rings. The highest BCUT2D eigenvalue weighted by molar-refractivity contribution is 5.99. The van der Waals surface area contributed by atoms with Gasteiger partial charge in [0.2, 0.25) is 0 Å². The Kier molecular flexibility index (Phi) is 4.37. The lowest BCUT2D eigenvalue weighted by Crippen LogP contribution is -2.26. The lowest BCUT2D eigenvalue weighted by Gasteiger charge is -2.14. The van der Waals surface area contributed by atoms with E-state index in [4.69, 9.17) is 0 Å². The maximum absolute atomic E-state index is 13.0. The summed E-state index contributed by atoms with van der Waals surface area (Å²) in [6.07, 6.45) is 1.42. The van der Waals surface area contributed by atoms with Crippen LogP contribution in [-0.2, 0) is 0 Å². The van der Waals surface area contributed by atoms with Crippen LogP contribution in [0.1, 0.15) is 28.9 Å². The SMILES string of the molecule is CC(NC(=O)c1cn[nH]c1-c1ccc(F)cc1)c1ccc(F)cc1. The highest BCUT2D eigenvalue weighted by Gasteiger charge is 2.17. The van der Waals surface area contributed by atoms with E-state index in [-0.39, 0.29) is 23.6 Å². The molecular weight excluding hydrogens is 312 g/mol. The van der Waals surface area contributed by atoms with Gasteiger partial charge in [0.25, 0.3) is 5.91 Å². The van der Waals surface area contributed by atoms with Crippen LogP contribution in [0.15, 0.2) is 54.7 Å². The van der Waals surface area contributed by atoms with Crippen molar-refractivity contribution < 1.29 is 13.6 Å². The minimum atomic E-state index is -0.353. The number of rotatable bonds is 4. The number of H-pyrrole nitrogens is 1. The maximum atomic E-state index is 13.0. The second-order valence-electron chi connectivity index (χ2n) is 5.41. The average Bonchev–Trinajstić information content (AvgIpc) is 3.06. The fraction of sp³-hybridized carbons (Fsp3) is 0.111. The van der Waals surface area contributed by atoms with Gasteiger partial charge in [-0.1, -0.05) is 12.1 Å². The number of carbonyl (C=O) groups excluding carboxylic acids is 1. The molecule has 3 rings (SSSR count). The summed E-state index contributed by atoms with van der Waals surface area (Å²) in [7, 11) is 0. The summed E-state index contributed by atoms with van der Waals surface area (Å²) in [6.45, 7) is 1.81. The van der Waals surface area contributed by atoms with Gasteiger partial charge in [0.15, 0.2) is 0 Å². The number of aromatic nitrogens is 2. The number of nitrogens with one attached hydrogen (secondary N) is 2. The predicted molar refractivity (Wildman–Crippen MR) is 86.3 cm³/mol. The zero-order chi connectivity index (χ0) is 17.1. The van der Waals surface area contributed by atoms with E-state index >= 15 is 0 Å². The monoisotopic (exact) mass is 327 g/mol. The van der Waals surface area contributed by atoms with Gasteiger partial charge in [-0.3, -0.25) is 9.89 Å². The van der Waals surface area contributed by atoms with Gasteiger partial charge in [0, 0.05) is 5.56 Å². The normalized spacial score (nSPS) is 12.0. The highest BCUT2D eigenvalue weighted by atomic mass is 19.1. The van der Waals surface area contributed by atoms with Gasteiger partial charge in [0.05, 0.1) is 23.5 Å². The lowest BCUT2D eigenvalue weighted by atomic mass is 10.1. The Morgan fingerprint density at radius 2 is 1.62 bits per heavy atom. The van der Waals surface area contributed by atoms with Crippen molar-refractivity contribution in [3.8, 4) is 11.3 Å². The average molecular weight is 327 g/mol. The largest absolute Gasteiger partial charge is 0.345 e. The molecule has 122 valence electrons. The van der Waals surface area contributed by atoms with Crippen LogP contribution in [0, 0.1) is 11.6 Å². The zero-order valence-electron chi connectivity index (χ0n) is 12.9. The molecule has 2 N–H and O–H groups in total. The molecule has 6 heteroatoms. The van der Waals surface area contributed by atoms with E-state index in [1.54, 1.807) is 24.3 Å². The van der Waals surface area contributed by atoms with E-state index in [9.17, 15) is 13.6 Å². The molecule has 0 aliphatic heterocycles. The summed E-state index contributed by atoms with van der Waals surface area (Å²) in [5, 5.41) is 9.51. The third-order valence-electron chi connectivity index (χ3n) is 3.73. The fourth-order valence-electron chi connectivity index (χ4n) is 2.40. The number of hydrogen-bond acceptors (Lipinski definition) is 2. The summed E-state index contributed by atoms with van der Waals surface area (Å²) in [5.74, 6) is -1.00. The Morgan fingerprint density at radius 1 is 1.04 bits per heavy atom. The van der Waals surface area contributed by atoms with E-state index < -0.39 is 0 Å². The van der Waals surface area contributed by atoms with Crippen LogP contribution in [0.3, 0.4) is 0 Å². The van der Waals surface area contributed by atoms with Crippen molar-refractivity contribution in [2.24, 2.45) is 0 Å². The van der Waals surface area contributed by atoms with Crippen molar-refractivity contribution in [2.75, 3.05) is 0 Å². The maximum Gasteiger partial charge on any atom is 0.255 e. The van der Waals surface area contributed by atoms with Crippen molar-refractivity contribution in [1.29, 1.82) is 0 Å². The first-order chi connectivity index (χ1) is 11.5. The van der Waals surface area contributed by atoms with E-state index in [0.29, 0.717) is 16.8 Å². The molecule has 1 atom stereocenters. The second kappa shape index (κ2) is 6.62. The molecule has 1 amide bonds. The lowest BCUT2D eigenvalue weighted by molar-refractivity contribution is 0.0940. The molecule has 1 heterocycles. The van der Waals surface area contributed by atoms with E-state index in [2.05, 4.69) is 15.5 Å². The molecule has 3 aromatic rings. The molecule has 2 aromatic carbocycles. The van der Waals surface area contributed by atoms with Crippen LogP contribution in [0.2, 0.25) is 0 Å². The van der Waals surface area contributed by atoms with E-state index in [1.807, 2.05) is 6.92 Å². The van der Waals surface area contributed by atoms with E-state index in [0.717, 1.165) is 5.56 Å². The van der Waals surface area contributed by atoms with Crippen LogP contribution in [-0.4, -0.2) is 16.1 Å². The van der Waals surface area contributed by atoms with Crippen LogP contribution in [0.4, 0.5) is 8.78 Å². The van der Waals surface area contributed by atoms with Crippen LogP contribution in [0.5, 0.6) is 0 Å². The predicted octanol–water partition coefficient (Wildman–Crippen LogP) is 3.85. The Labute approximate surface area is 137 Å². The topological polar surface area (TPSA) is 57.8 Å². The Bertz CT molecular complexity index is 841. The molecular formula is C18H15F2N3O. The van der Waals surface area contributed by atoms with Crippen molar-refractivity contribution >= 4 is 5.91 Å². The summed E-state index contributed by atoms with van der Waals surface area (Å²) in [4.78, 5) is 12.5. The molecule has 0 spiro atoms. The molecule has 1 unspecified atom stereocenters. The molecule has 4 nitrogen and oxygen atoms in total. The third kappa shape index (κ3) is 3.32. The number of nitrogens with zero attached hydrogens (tertiary/aromatic N) is 1. The quantitative estimate of drug-likeness (QED) is 0.765. The second-order valence-corrected chi connectivity index (χ2v) is 5.41. The van der Waals surface area contributed by atoms with E-state index in [1.165, 1.54) is 30.5 Å². The first-order valence-corrected chi connectivity index (χ1v) is 7.40. The molecule has 0 fully saturated rings. The molecule has 0 saturated carbocycles. The molecule has 1 aromatic heterocycles. The summed E-state index contributed by atoms with van der Waals surface area (Å²) < 4.78 is 26.0. The Morgan fingerprint density at radius 3 is 2.25 bits per heavy atom. The first-order valence-electron chi connectivity index (χ1n) is 7.40. The van der Waals surface area contributed by atoms with Crippen LogP contribution < -0.4 is 5.32 Å². The molecule has 0 saturated heterocycles. The number of aromatic amines is 1. The van der Waals surface area contributed by atoms with Gasteiger partial charge >= 0.3 is 0 Å². The Hall–Kier alpha value is -3.02. The number of halogens is 2. The molecule has 24 heavy (non-hydrogen) atoms. The van der Waals surface area contributed by atoms with Gasteiger partial charge in [-0.2, -0.15) is 5.10 Å². The first kappa shape index (κ1) is 15.9. The fourth-order valence-corrected chi connectivity index (χ4v) is 2.40. The van der Waals surface area contributed by atoms with Crippen molar-refractivity contribution in [1.82, 2.24) is 15.5 Å². The highest BCUT2D eigenvalue weighted by Crippen LogP contribution is 2.22. The van der Waals surface area contributed by atoms with Gasteiger partial charge in [-0.05, 0) is 48.9 Å². The van der Waals surface area contributed by atoms with Crippen LogP contribution in [0.25, 0.3) is 11.3 Å². The van der Waals surface area contributed by atoms with Crippen LogP contribution >= 0.6 is 0 Å². The number of benzene rings is 2.